The van der Waals surface area contributed by atoms with Gasteiger partial charge in [0, 0.05) is 19.5 Å². The molecule has 126 valence electrons. The molecule has 4 heteroatoms. The van der Waals surface area contributed by atoms with Crippen LogP contribution < -0.4 is 10.5 Å². The Morgan fingerprint density at radius 2 is 1.79 bits per heavy atom. The van der Waals surface area contributed by atoms with Crippen molar-refractivity contribution >= 4 is 11.6 Å². The number of amides is 1. The van der Waals surface area contributed by atoms with Crippen molar-refractivity contribution in [2.24, 2.45) is 0 Å². The first-order chi connectivity index (χ1) is 11.7. The Hall–Kier alpha value is -2.49. The second-order valence-electron chi connectivity index (χ2n) is 6.23. The summed E-state index contributed by atoms with van der Waals surface area (Å²) in [5.74, 6) is 0.934. The van der Waals surface area contributed by atoms with Gasteiger partial charge in [0.05, 0.1) is 5.69 Å². The average molecular weight is 324 g/mol. The zero-order valence-corrected chi connectivity index (χ0v) is 13.9. The van der Waals surface area contributed by atoms with Gasteiger partial charge in [-0.05, 0) is 42.5 Å². The van der Waals surface area contributed by atoms with E-state index in [1.165, 1.54) is 0 Å². The van der Waals surface area contributed by atoms with E-state index < -0.39 is 0 Å². The third kappa shape index (κ3) is 4.28. The summed E-state index contributed by atoms with van der Waals surface area (Å²) >= 11 is 0. The smallest absolute Gasteiger partial charge is 0.222 e. The fourth-order valence-electron chi connectivity index (χ4n) is 3.00. The normalized spacial score (nSPS) is 13.9. The molecule has 1 amide bonds. The van der Waals surface area contributed by atoms with E-state index in [9.17, 15) is 4.79 Å². The molecule has 4 nitrogen and oxygen atoms in total. The van der Waals surface area contributed by atoms with Crippen molar-refractivity contribution in [2.45, 2.75) is 32.3 Å². The van der Waals surface area contributed by atoms with Crippen LogP contribution in [0.4, 0.5) is 5.69 Å². The van der Waals surface area contributed by atoms with Crippen LogP contribution in [-0.2, 0) is 17.8 Å². The SMILES string of the molecule is Nc1cc(CCC(=O)N2CCCC2)ccc1OCc1ccccc1. The lowest BCUT2D eigenvalue weighted by molar-refractivity contribution is -0.130. The van der Waals surface area contributed by atoms with Gasteiger partial charge in [0.2, 0.25) is 5.91 Å². The van der Waals surface area contributed by atoms with Crippen molar-refractivity contribution in [3.63, 3.8) is 0 Å². The van der Waals surface area contributed by atoms with Gasteiger partial charge in [-0.1, -0.05) is 36.4 Å². The summed E-state index contributed by atoms with van der Waals surface area (Å²) in [6, 6.07) is 15.8. The second kappa shape index (κ2) is 7.86. The van der Waals surface area contributed by atoms with Crippen LogP contribution in [0.3, 0.4) is 0 Å². The van der Waals surface area contributed by atoms with Gasteiger partial charge >= 0.3 is 0 Å². The first kappa shape index (κ1) is 16.4. The number of aryl methyl sites for hydroxylation is 1. The summed E-state index contributed by atoms with van der Waals surface area (Å²) in [6.45, 7) is 2.32. The number of hydrogen-bond donors (Lipinski definition) is 1. The number of nitrogens with two attached hydrogens (primary N) is 1. The molecule has 3 rings (SSSR count). The summed E-state index contributed by atoms with van der Waals surface area (Å²) < 4.78 is 5.78. The minimum Gasteiger partial charge on any atom is -0.487 e. The average Bonchev–Trinajstić information content (AvgIpc) is 3.14. The third-order valence-electron chi connectivity index (χ3n) is 4.40. The highest BCUT2D eigenvalue weighted by atomic mass is 16.5. The van der Waals surface area contributed by atoms with Crippen molar-refractivity contribution in [1.29, 1.82) is 0 Å². The van der Waals surface area contributed by atoms with Crippen molar-refractivity contribution < 1.29 is 9.53 Å². The highest BCUT2D eigenvalue weighted by Crippen LogP contribution is 2.24. The van der Waals surface area contributed by atoms with E-state index in [0.717, 1.165) is 43.5 Å². The molecule has 1 saturated heterocycles. The van der Waals surface area contributed by atoms with Crippen LogP contribution in [-0.4, -0.2) is 23.9 Å². The van der Waals surface area contributed by atoms with Gasteiger partial charge < -0.3 is 15.4 Å². The number of likely N-dealkylation sites (tertiary alicyclic amines) is 1. The number of nitrogen functional groups attached to an aromatic ring is 1. The Morgan fingerprint density at radius 3 is 2.50 bits per heavy atom. The third-order valence-corrected chi connectivity index (χ3v) is 4.40. The highest BCUT2D eigenvalue weighted by molar-refractivity contribution is 5.76. The number of carbonyl (C=O) groups is 1. The first-order valence-electron chi connectivity index (χ1n) is 8.55. The molecule has 24 heavy (non-hydrogen) atoms. The number of rotatable bonds is 6. The molecule has 1 aliphatic heterocycles. The van der Waals surface area contributed by atoms with E-state index >= 15 is 0 Å². The molecule has 1 heterocycles. The summed E-state index contributed by atoms with van der Waals surface area (Å²) in [7, 11) is 0. The number of ether oxygens (including phenoxy) is 1. The summed E-state index contributed by atoms with van der Waals surface area (Å²) in [5, 5.41) is 0. The summed E-state index contributed by atoms with van der Waals surface area (Å²) in [5.41, 5.74) is 8.90. The predicted molar refractivity (Wildman–Crippen MR) is 95.8 cm³/mol. The largest absolute Gasteiger partial charge is 0.487 e. The molecule has 0 saturated carbocycles. The maximum atomic E-state index is 12.1. The highest BCUT2D eigenvalue weighted by Gasteiger charge is 2.17. The molecule has 0 atom stereocenters. The topological polar surface area (TPSA) is 55.6 Å². The number of carbonyl (C=O) groups excluding carboxylic acids is 1. The molecular weight excluding hydrogens is 300 g/mol. The molecule has 0 aromatic heterocycles. The predicted octanol–water partition coefficient (Wildman–Crippen LogP) is 3.40. The van der Waals surface area contributed by atoms with Crippen LogP contribution in [0.1, 0.15) is 30.4 Å². The molecule has 0 spiro atoms. The summed E-state index contributed by atoms with van der Waals surface area (Å²) in [4.78, 5) is 14.1. The zero-order valence-electron chi connectivity index (χ0n) is 13.9. The van der Waals surface area contributed by atoms with Gasteiger partial charge in [-0.2, -0.15) is 0 Å². The first-order valence-corrected chi connectivity index (χ1v) is 8.55. The molecule has 1 aliphatic rings. The maximum Gasteiger partial charge on any atom is 0.222 e. The van der Waals surface area contributed by atoms with Crippen LogP contribution >= 0.6 is 0 Å². The van der Waals surface area contributed by atoms with Crippen molar-refractivity contribution in [1.82, 2.24) is 4.90 Å². The van der Waals surface area contributed by atoms with Crippen LogP contribution in [0.15, 0.2) is 48.5 Å². The van der Waals surface area contributed by atoms with E-state index in [-0.39, 0.29) is 5.91 Å². The quantitative estimate of drug-likeness (QED) is 0.829. The van der Waals surface area contributed by atoms with Gasteiger partial charge in [0.1, 0.15) is 12.4 Å². The van der Waals surface area contributed by atoms with E-state index in [2.05, 4.69) is 0 Å². The minimum absolute atomic E-state index is 0.246. The molecule has 0 bridgehead atoms. The fraction of sp³-hybridized carbons (Fsp3) is 0.350. The minimum atomic E-state index is 0.246. The van der Waals surface area contributed by atoms with Gasteiger partial charge in [-0.3, -0.25) is 4.79 Å². The molecule has 0 aliphatic carbocycles. The molecule has 0 radical (unpaired) electrons. The fourth-order valence-corrected chi connectivity index (χ4v) is 3.00. The van der Waals surface area contributed by atoms with E-state index in [1.807, 2.05) is 53.4 Å². The number of benzene rings is 2. The van der Waals surface area contributed by atoms with Crippen molar-refractivity contribution in [2.75, 3.05) is 18.8 Å². The Balaban J connectivity index is 1.53. The standard InChI is InChI=1S/C20H24N2O2/c21-18-14-16(9-11-20(23)22-12-4-5-13-22)8-10-19(18)24-15-17-6-2-1-3-7-17/h1-3,6-8,10,14H,4-5,9,11-13,15,21H2. The lowest BCUT2D eigenvalue weighted by Crippen LogP contribution is -2.27. The lowest BCUT2D eigenvalue weighted by Gasteiger charge is -2.15. The van der Waals surface area contributed by atoms with Crippen molar-refractivity contribution in [3.8, 4) is 5.75 Å². The van der Waals surface area contributed by atoms with E-state index in [0.29, 0.717) is 24.5 Å². The Bertz CT molecular complexity index is 679. The molecule has 2 aromatic carbocycles. The molecular formula is C20H24N2O2. The van der Waals surface area contributed by atoms with Crippen molar-refractivity contribution in [3.05, 3.63) is 59.7 Å². The van der Waals surface area contributed by atoms with Crippen LogP contribution in [0.25, 0.3) is 0 Å². The van der Waals surface area contributed by atoms with E-state index in [4.69, 9.17) is 10.5 Å². The van der Waals surface area contributed by atoms with Crippen LogP contribution in [0, 0.1) is 0 Å². The van der Waals surface area contributed by atoms with Gasteiger partial charge in [-0.25, -0.2) is 0 Å². The number of anilines is 1. The number of hydrogen-bond acceptors (Lipinski definition) is 3. The summed E-state index contributed by atoms with van der Waals surface area (Å²) in [6.07, 6.45) is 3.53. The second-order valence-corrected chi connectivity index (χ2v) is 6.23. The monoisotopic (exact) mass is 324 g/mol. The lowest BCUT2D eigenvalue weighted by atomic mass is 10.1. The van der Waals surface area contributed by atoms with E-state index in [1.54, 1.807) is 0 Å². The van der Waals surface area contributed by atoms with Gasteiger partial charge in [0.25, 0.3) is 0 Å². The Kier molecular flexibility index (Phi) is 5.36. The van der Waals surface area contributed by atoms with Gasteiger partial charge in [0.15, 0.2) is 0 Å². The maximum absolute atomic E-state index is 12.1. The molecule has 1 fully saturated rings. The number of nitrogens with zero attached hydrogens (tertiary/aromatic N) is 1. The Labute approximate surface area is 143 Å². The van der Waals surface area contributed by atoms with Crippen LogP contribution in [0.5, 0.6) is 5.75 Å². The van der Waals surface area contributed by atoms with Crippen LogP contribution in [0.2, 0.25) is 0 Å². The Morgan fingerprint density at radius 1 is 1.04 bits per heavy atom. The molecule has 2 aromatic rings. The molecule has 2 N–H and O–H groups in total. The molecule has 0 unspecified atom stereocenters. The zero-order chi connectivity index (χ0) is 16.8. The van der Waals surface area contributed by atoms with Gasteiger partial charge in [-0.15, -0.1) is 0 Å².